The van der Waals surface area contributed by atoms with E-state index in [1.54, 1.807) is 6.92 Å². The van der Waals surface area contributed by atoms with E-state index in [2.05, 4.69) is 0 Å². The van der Waals surface area contributed by atoms with E-state index >= 15 is 0 Å². The summed E-state index contributed by atoms with van der Waals surface area (Å²) in [4.78, 5) is 0. The molecule has 1 aromatic rings. The average Bonchev–Trinajstić information content (AvgIpc) is 2.26. The predicted octanol–water partition coefficient (Wildman–Crippen LogP) is 1.14. The minimum Gasteiger partial charge on any atom is -0.494 e. The van der Waals surface area contributed by atoms with Crippen molar-refractivity contribution in [3.05, 3.63) is 29.6 Å². The first-order valence-electron chi connectivity index (χ1n) is 4.77. The SMILES string of the molecule is CCOc1cc(F)cc(C(O)C(O)C#N)c1. The Morgan fingerprint density at radius 2 is 2.12 bits per heavy atom. The molecule has 5 heteroatoms. The minimum absolute atomic E-state index is 0.109. The zero-order chi connectivity index (χ0) is 12.1. The number of benzene rings is 1. The normalized spacial score (nSPS) is 13.9. The van der Waals surface area contributed by atoms with E-state index in [1.165, 1.54) is 18.2 Å². The third kappa shape index (κ3) is 2.92. The number of rotatable bonds is 4. The summed E-state index contributed by atoms with van der Waals surface area (Å²) in [5.41, 5.74) is 0.109. The van der Waals surface area contributed by atoms with Gasteiger partial charge in [0.25, 0.3) is 0 Å². The Morgan fingerprint density at radius 1 is 1.44 bits per heavy atom. The number of nitriles is 1. The summed E-state index contributed by atoms with van der Waals surface area (Å²) >= 11 is 0. The molecule has 4 nitrogen and oxygen atoms in total. The Bertz CT molecular complexity index is 403. The molecule has 1 rings (SSSR count). The minimum atomic E-state index is -1.59. The van der Waals surface area contributed by atoms with Gasteiger partial charge in [0.05, 0.1) is 12.7 Å². The molecule has 0 radical (unpaired) electrons. The molecule has 2 atom stereocenters. The second kappa shape index (κ2) is 5.45. The molecule has 1 aromatic carbocycles. The van der Waals surface area contributed by atoms with Crippen molar-refractivity contribution < 1.29 is 19.3 Å². The van der Waals surface area contributed by atoms with Crippen molar-refractivity contribution in [1.29, 1.82) is 5.26 Å². The number of halogens is 1. The highest BCUT2D eigenvalue weighted by Crippen LogP contribution is 2.23. The number of hydrogen-bond donors (Lipinski definition) is 2. The molecule has 0 saturated heterocycles. The summed E-state index contributed by atoms with van der Waals surface area (Å²) in [6, 6.07) is 5.08. The molecule has 0 bridgehead atoms. The Balaban J connectivity index is 3.00. The molecule has 0 aliphatic rings. The van der Waals surface area contributed by atoms with E-state index in [0.717, 1.165) is 6.07 Å². The lowest BCUT2D eigenvalue weighted by Gasteiger charge is -2.13. The Kier molecular flexibility index (Phi) is 4.23. The lowest BCUT2D eigenvalue weighted by Crippen LogP contribution is -2.16. The van der Waals surface area contributed by atoms with Crippen molar-refractivity contribution in [1.82, 2.24) is 0 Å². The number of aliphatic hydroxyl groups excluding tert-OH is 2. The summed E-state index contributed by atoms with van der Waals surface area (Å²) in [5.74, 6) is -0.341. The van der Waals surface area contributed by atoms with Crippen LogP contribution in [0.3, 0.4) is 0 Å². The molecular formula is C11H12FNO3. The number of hydrogen-bond acceptors (Lipinski definition) is 4. The number of aliphatic hydroxyl groups is 2. The molecule has 0 heterocycles. The molecule has 0 aliphatic carbocycles. The van der Waals surface area contributed by atoms with E-state index in [9.17, 15) is 9.50 Å². The molecule has 0 fully saturated rings. The number of nitrogens with zero attached hydrogens (tertiary/aromatic N) is 1. The van der Waals surface area contributed by atoms with E-state index in [0.29, 0.717) is 6.61 Å². The first-order valence-corrected chi connectivity index (χ1v) is 4.77. The summed E-state index contributed by atoms with van der Waals surface area (Å²) in [7, 11) is 0. The van der Waals surface area contributed by atoms with E-state index < -0.39 is 18.0 Å². The monoisotopic (exact) mass is 225 g/mol. The van der Waals surface area contributed by atoms with Crippen LogP contribution in [-0.4, -0.2) is 22.9 Å². The van der Waals surface area contributed by atoms with Gasteiger partial charge in [-0.1, -0.05) is 0 Å². The molecule has 16 heavy (non-hydrogen) atoms. The Hall–Kier alpha value is -1.64. The first kappa shape index (κ1) is 12.4. The molecule has 0 amide bonds. The van der Waals surface area contributed by atoms with Gasteiger partial charge in [-0.2, -0.15) is 5.26 Å². The molecule has 0 aromatic heterocycles. The fraction of sp³-hybridized carbons (Fsp3) is 0.364. The Labute approximate surface area is 92.5 Å². The van der Waals surface area contributed by atoms with Crippen molar-refractivity contribution in [2.24, 2.45) is 0 Å². The molecule has 86 valence electrons. The topological polar surface area (TPSA) is 73.5 Å². The largest absolute Gasteiger partial charge is 0.494 e. The molecule has 2 N–H and O–H groups in total. The van der Waals surface area contributed by atoms with Crippen molar-refractivity contribution in [3.8, 4) is 11.8 Å². The lowest BCUT2D eigenvalue weighted by molar-refractivity contribution is 0.0524. The third-order valence-electron chi connectivity index (χ3n) is 1.98. The summed E-state index contributed by atoms with van der Waals surface area (Å²) < 4.78 is 18.2. The van der Waals surface area contributed by atoms with Crippen LogP contribution in [0.25, 0.3) is 0 Å². The predicted molar refractivity (Wildman–Crippen MR) is 54.1 cm³/mol. The number of ether oxygens (including phenoxy) is 1. The van der Waals surface area contributed by atoms with Crippen LogP contribution in [0.5, 0.6) is 5.75 Å². The first-order chi connectivity index (χ1) is 7.58. The van der Waals surface area contributed by atoms with E-state index in [1.807, 2.05) is 0 Å². The van der Waals surface area contributed by atoms with Gasteiger partial charge in [0, 0.05) is 6.07 Å². The maximum atomic E-state index is 13.1. The van der Waals surface area contributed by atoms with Gasteiger partial charge in [-0.15, -0.1) is 0 Å². The van der Waals surface area contributed by atoms with Gasteiger partial charge >= 0.3 is 0 Å². The zero-order valence-electron chi connectivity index (χ0n) is 8.72. The van der Waals surface area contributed by atoms with Crippen LogP contribution in [0.1, 0.15) is 18.6 Å². The van der Waals surface area contributed by atoms with Crippen LogP contribution in [0.4, 0.5) is 4.39 Å². The summed E-state index contributed by atoms with van der Waals surface area (Å²) in [6.07, 6.45) is -3.03. The second-order valence-electron chi connectivity index (χ2n) is 3.17. The molecule has 0 spiro atoms. The van der Waals surface area contributed by atoms with Crippen LogP contribution < -0.4 is 4.74 Å². The fourth-order valence-corrected chi connectivity index (χ4v) is 1.26. The third-order valence-corrected chi connectivity index (χ3v) is 1.98. The van der Waals surface area contributed by atoms with Gasteiger partial charge < -0.3 is 14.9 Å². The van der Waals surface area contributed by atoms with Gasteiger partial charge in [-0.3, -0.25) is 0 Å². The van der Waals surface area contributed by atoms with Crippen LogP contribution in [0.15, 0.2) is 18.2 Å². The van der Waals surface area contributed by atoms with E-state index in [4.69, 9.17) is 15.1 Å². The van der Waals surface area contributed by atoms with Gasteiger partial charge in [0.2, 0.25) is 0 Å². The highest BCUT2D eigenvalue weighted by Gasteiger charge is 2.19. The average molecular weight is 225 g/mol. The maximum Gasteiger partial charge on any atom is 0.170 e. The van der Waals surface area contributed by atoms with Crippen LogP contribution in [0.2, 0.25) is 0 Å². The molecule has 0 aliphatic heterocycles. The molecular weight excluding hydrogens is 213 g/mol. The highest BCUT2D eigenvalue weighted by molar-refractivity contribution is 5.32. The standard InChI is InChI=1S/C11H12FNO3/c1-2-16-9-4-7(3-8(12)5-9)11(15)10(14)6-13/h3-5,10-11,14-15H,2H2,1H3. The highest BCUT2D eigenvalue weighted by atomic mass is 19.1. The Morgan fingerprint density at radius 3 is 2.69 bits per heavy atom. The van der Waals surface area contributed by atoms with Gasteiger partial charge in [-0.25, -0.2) is 4.39 Å². The van der Waals surface area contributed by atoms with Gasteiger partial charge in [0.15, 0.2) is 6.10 Å². The lowest BCUT2D eigenvalue weighted by atomic mass is 10.0. The van der Waals surface area contributed by atoms with Crippen molar-refractivity contribution in [2.45, 2.75) is 19.1 Å². The van der Waals surface area contributed by atoms with Crippen LogP contribution in [-0.2, 0) is 0 Å². The van der Waals surface area contributed by atoms with E-state index in [-0.39, 0.29) is 11.3 Å². The molecule has 2 unspecified atom stereocenters. The fourth-order valence-electron chi connectivity index (χ4n) is 1.26. The van der Waals surface area contributed by atoms with Crippen molar-refractivity contribution >= 4 is 0 Å². The van der Waals surface area contributed by atoms with Gasteiger partial charge in [0.1, 0.15) is 17.7 Å². The van der Waals surface area contributed by atoms with Crippen LogP contribution in [0, 0.1) is 17.1 Å². The van der Waals surface area contributed by atoms with Crippen molar-refractivity contribution in [3.63, 3.8) is 0 Å². The summed E-state index contributed by atoms with van der Waals surface area (Å²) in [6.45, 7) is 2.10. The van der Waals surface area contributed by atoms with Crippen molar-refractivity contribution in [2.75, 3.05) is 6.61 Å². The van der Waals surface area contributed by atoms with Gasteiger partial charge in [-0.05, 0) is 24.6 Å². The maximum absolute atomic E-state index is 13.1. The second-order valence-corrected chi connectivity index (χ2v) is 3.17. The zero-order valence-corrected chi connectivity index (χ0v) is 8.72. The smallest absolute Gasteiger partial charge is 0.170 e. The summed E-state index contributed by atoms with van der Waals surface area (Å²) in [5, 5.41) is 27.1. The van der Waals surface area contributed by atoms with Crippen LogP contribution >= 0.6 is 0 Å². The quantitative estimate of drug-likeness (QED) is 0.754. The molecule has 0 saturated carbocycles.